The molecular weight excluding hydrogens is 450 g/mol. The van der Waals surface area contributed by atoms with Gasteiger partial charge in [-0.1, -0.05) is 6.07 Å². The molecule has 0 spiro atoms. The molecule has 1 N–H and O–H groups in total. The van der Waals surface area contributed by atoms with Crippen molar-refractivity contribution in [3.8, 4) is 28.1 Å². The third kappa shape index (κ3) is 3.87. The molecule has 0 saturated carbocycles. The number of amides is 2. The fraction of sp³-hybridized carbons (Fsp3) is 0.440. The third-order valence-corrected chi connectivity index (χ3v) is 8.19. The summed E-state index contributed by atoms with van der Waals surface area (Å²) < 4.78 is 6.03. The van der Waals surface area contributed by atoms with E-state index >= 15 is 0 Å². The molecule has 6 rings (SSSR count). The number of hydrogen-bond donors (Lipinski definition) is 1. The Hall–Kier alpha value is -3.20. The highest BCUT2D eigenvalue weighted by molar-refractivity contribution is 7.14. The second kappa shape index (κ2) is 8.87. The van der Waals surface area contributed by atoms with Gasteiger partial charge in [-0.05, 0) is 43.4 Å². The molecule has 0 aliphatic carbocycles. The molecule has 3 aliphatic rings. The van der Waals surface area contributed by atoms with E-state index in [4.69, 9.17) is 9.72 Å². The quantitative estimate of drug-likeness (QED) is 0.622. The molecule has 176 valence electrons. The van der Waals surface area contributed by atoms with Gasteiger partial charge >= 0.3 is 0 Å². The molecule has 3 aliphatic heterocycles. The number of likely N-dealkylation sites (tertiary alicyclic amines) is 2. The van der Waals surface area contributed by atoms with E-state index in [0.717, 1.165) is 78.2 Å². The topological polar surface area (TPSA) is 91.4 Å². The predicted octanol–water partition coefficient (Wildman–Crippen LogP) is 3.61. The van der Waals surface area contributed by atoms with E-state index in [0.29, 0.717) is 24.7 Å². The largest absolute Gasteiger partial charge is 0.492 e. The highest BCUT2D eigenvalue weighted by Crippen LogP contribution is 2.40. The molecule has 2 amide bonds. The lowest BCUT2D eigenvalue weighted by atomic mass is 9.95. The summed E-state index contributed by atoms with van der Waals surface area (Å²) in [4.78, 5) is 35.8. The molecule has 0 radical (unpaired) electrons. The van der Waals surface area contributed by atoms with Gasteiger partial charge in [0.25, 0.3) is 5.91 Å². The molecule has 2 aromatic heterocycles. The van der Waals surface area contributed by atoms with Crippen LogP contribution in [-0.2, 0) is 11.2 Å². The van der Waals surface area contributed by atoms with Crippen molar-refractivity contribution in [1.82, 2.24) is 25.0 Å². The van der Waals surface area contributed by atoms with Gasteiger partial charge in [0.2, 0.25) is 5.91 Å². The number of carbonyl (C=O) groups excluding carboxylic acids is 2. The van der Waals surface area contributed by atoms with Crippen LogP contribution in [0.1, 0.15) is 40.4 Å². The fourth-order valence-corrected chi connectivity index (χ4v) is 6.19. The Kier molecular flexibility index (Phi) is 5.57. The van der Waals surface area contributed by atoms with Crippen LogP contribution >= 0.6 is 11.3 Å². The van der Waals surface area contributed by atoms with Crippen molar-refractivity contribution in [3.63, 3.8) is 0 Å². The second-order valence-corrected chi connectivity index (χ2v) is 10.3. The van der Waals surface area contributed by atoms with Gasteiger partial charge in [-0.25, -0.2) is 4.98 Å². The van der Waals surface area contributed by atoms with Gasteiger partial charge in [0.05, 0.1) is 18.5 Å². The van der Waals surface area contributed by atoms with Gasteiger partial charge in [0.15, 0.2) is 5.01 Å². The molecule has 9 heteroatoms. The average Bonchev–Trinajstić information content (AvgIpc) is 3.64. The Morgan fingerprint density at radius 3 is 2.65 bits per heavy atom. The van der Waals surface area contributed by atoms with Crippen LogP contribution < -0.4 is 4.74 Å². The Labute approximate surface area is 201 Å². The molecule has 3 aromatic rings. The first kappa shape index (κ1) is 21.3. The molecule has 0 bridgehead atoms. The summed E-state index contributed by atoms with van der Waals surface area (Å²) in [6, 6.07) is 6.06. The first-order valence-electron chi connectivity index (χ1n) is 12.0. The highest BCUT2D eigenvalue weighted by atomic mass is 32.1. The highest BCUT2D eigenvalue weighted by Gasteiger charge is 2.33. The van der Waals surface area contributed by atoms with Crippen molar-refractivity contribution in [2.24, 2.45) is 5.92 Å². The van der Waals surface area contributed by atoms with Crippen molar-refractivity contribution in [2.75, 3.05) is 32.8 Å². The lowest BCUT2D eigenvalue weighted by molar-refractivity contribution is -0.135. The molecule has 8 nitrogen and oxygen atoms in total. The molecule has 1 aromatic carbocycles. The molecule has 34 heavy (non-hydrogen) atoms. The maximum absolute atomic E-state index is 13.3. The number of ether oxygens (including phenoxy) is 1. The standard InChI is InChI=1S/C25H27N5O3S/c31-24(29-8-1-2-9-29)16-5-10-30(11-6-16)25(32)23-28-22-19-4-3-17(18-14-26-27-15-18)13-20(19)33-12-7-21(22)34-23/h3-4,13-16H,1-2,5-12H2,(H,26,27). The number of piperidine rings is 1. The maximum Gasteiger partial charge on any atom is 0.282 e. The lowest BCUT2D eigenvalue weighted by Crippen LogP contribution is -2.43. The van der Waals surface area contributed by atoms with Crippen LogP contribution in [0.25, 0.3) is 22.4 Å². The SMILES string of the molecule is O=C(c1nc2c(s1)CCOc1cc(-c3cn[nH]c3)ccc1-2)N1CCC(C(=O)N2CCCC2)CC1. The Morgan fingerprint density at radius 1 is 1.06 bits per heavy atom. The number of aromatic nitrogens is 3. The molecule has 2 fully saturated rings. The van der Waals surface area contributed by atoms with Crippen LogP contribution in [0.3, 0.4) is 0 Å². The van der Waals surface area contributed by atoms with Crippen molar-refractivity contribution in [1.29, 1.82) is 0 Å². The zero-order valence-electron chi connectivity index (χ0n) is 19.0. The van der Waals surface area contributed by atoms with E-state index in [-0.39, 0.29) is 17.7 Å². The van der Waals surface area contributed by atoms with Crippen LogP contribution in [0.15, 0.2) is 30.6 Å². The zero-order valence-corrected chi connectivity index (χ0v) is 19.8. The van der Waals surface area contributed by atoms with E-state index in [1.165, 1.54) is 11.3 Å². The van der Waals surface area contributed by atoms with Crippen LogP contribution in [0.2, 0.25) is 0 Å². The van der Waals surface area contributed by atoms with Crippen molar-refractivity contribution in [2.45, 2.75) is 32.1 Å². The van der Waals surface area contributed by atoms with Gasteiger partial charge in [-0.3, -0.25) is 14.7 Å². The van der Waals surface area contributed by atoms with Crippen LogP contribution in [0.4, 0.5) is 0 Å². The van der Waals surface area contributed by atoms with E-state index < -0.39 is 0 Å². The number of nitrogens with zero attached hydrogens (tertiary/aromatic N) is 4. The Bertz CT molecular complexity index is 1210. The summed E-state index contributed by atoms with van der Waals surface area (Å²) in [5.74, 6) is 1.08. The summed E-state index contributed by atoms with van der Waals surface area (Å²) in [5, 5.41) is 7.40. The summed E-state index contributed by atoms with van der Waals surface area (Å²) in [6.45, 7) is 3.55. The molecular formula is C25H27N5O3S. The maximum atomic E-state index is 13.3. The van der Waals surface area contributed by atoms with E-state index in [1.807, 2.05) is 34.2 Å². The number of rotatable bonds is 3. The van der Waals surface area contributed by atoms with Gasteiger partial charge in [-0.15, -0.1) is 11.3 Å². The minimum absolute atomic E-state index is 0.0253. The number of H-pyrrole nitrogens is 1. The minimum atomic E-state index is -0.0253. The van der Waals surface area contributed by atoms with Gasteiger partial charge in [0.1, 0.15) is 5.75 Å². The first-order chi connectivity index (χ1) is 16.7. The molecule has 0 unspecified atom stereocenters. The number of fused-ring (bicyclic) bond motifs is 3. The summed E-state index contributed by atoms with van der Waals surface area (Å²) in [6.07, 6.45) is 8.05. The summed E-state index contributed by atoms with van der Waals surface area (Å²) in [7, 11) is 0. The van der Waals surface area contributed by atoms with Gasteiger partial charge < -0.3 is 14.5 Å². The first-order valence-corrected chi connectivity index (χ1v) is 12.8. The van der Waals surface area contributed by atoms with Crippen molar-refractivity contribution >= 4 is 23.2 Å². The van der Waals surface area contributed by atoms with Crippen molar-refractivity contribution < 1.29 is 14.3 Å². The molecule has 0 atom stereocenters. The van der Waals surface area contributed by atoms with Crippen molar-refractivity contribution in [3.05, 3.63) is 40.5 Å². The van der Waals surface area contributed by atoms with Gasteiger partial charge in [-0.2, -0.15) is 5.10 Å². The number of nitrogens with one attached hydrogen (secondary N) is 1. The number of benzene rings is 1. The van der Waals surface area contributed by atoms with Gasteiger partial charge in [0, 0.05) is 60.7 Å². The van der Waals surface area contributed by atoms with E-state index in [2.05, 4.69) is 10.2 Å². The average molecular weight is 478 g/mol. The van der Waals surface area contributed by atoms with Crippen LogP contribution in [0.5, 0.6) is 5.75 Å². The Balaban J connectivity index is 1.19. The second-order valence-electron chi connectivity index (χ2n) is 9.19. The third-order valence-electron chi connectivity index (χ3n) is 7.08. The number of thiazole rings is 1. The number of carbonyl (C=O) groups is 2. The monoisotopic (exact) mass is 477 g/mol. The fourth-order valence-electron chi connectivity index (χ4n) is 5.16. The summed E-state index contributed by atoms with van der Waals surface area (Å²) in [5.41, 5.74) is 3.79. The zero-order chi connectivity index (χ0) is 23.1. The number of aromatic amines is 1. The smallest absolute Gasteiger partial charge is 0.282 e. The summed E-state index contributed by atoms with van der Waals surface area (Å²) >= 11 is 1.47. The number of hydrogen-bond acceptors (Lipinski definition) is 6. The normalized spacial score (nSPS) is 18.2. The van der Waals surface area contributed by atoms with Crippen LogP contribution in [-0.4, -0.2) is 69.6 Å². The lowest BCUT2D eigenvalue weighted by Gasteiger charge is -2.32. The van der Waals surface area contributed by atoms with E-state index in [1.54, 1.807) is 6.20 Å². The molecule has 2 saturated heterocycles. The Morgan fingerprint density at radius 2 is 1.88 bits per heavy atom. The van der Waals surface area contributed by atoms with E-state index in [9.17, 15) is 9.59 Å². The minimum Gasteiger partial charge on any atom is -0.492 e. The predicted molar refractivity (Wildman–Crippen MR) is 129 cm³/mol. The van der Waals surface area contributed by atoms with Crippen LogP contribution in [0, 0.1) is 5.92 Å². The molecule has 5 heterocycles.